The molecule has 0 spiro atoms. The van der Waals surface area contributed by atoms with Gasteiger partial charge in [-0.15, -0.1) is 0 Å². The molecule has 1 aliphatic heterocycles. The monoisotopic (exact) mass is 287 g/mol. The van der Waals surface area contributed by atoms with Gasteiger partial charge in [0.05, 0.1) is 5.56 Å². The van der Waals surface area contributed by atoms with Crippen LogP contribution in [-0.4, -0.2) is 41.0 Å². The Labute approximate surface area is 115 Å². The summed E-state index contributed by atoms with van der Waals surface area (Å²) in [6.07, 6.45) is -3.74. The minimum Gasteiger partial charge on any atom is -0.334 e. The lowest BCUT2D eigenvalue weighted by Gasteiger charge is -2.35. The standard InChI is InChI=1S/C13H16F3N3O/c1-8-6-19(7-9(2)18-8)12(20)11-4-3-10(5-17-11)13(14,15)16/h3-5,8-9,18H,6-7H2,1-2H3. The molecule has 0 bridgehead atoms. The summed E-state index contributed by atoms with van der Waals surface area (Å²) in [5.74, 6) is -0.334. The lowest BCUT2D eigenvalue weighted by Crippen LogP contribution is -2.55. The van der Waals surface area contributed by atoms with Gasteiger partial charge in [0.25, 0.3) is 5.91 Å². The van der Waals surface area contributed by atoms with Crippen molar-refractivity contribution in [1.29, 1.82) is 0 Å². The summed E-state index contributed by atoms with van der Waals surface area (Å²) >= 11 is 0. The van der Waals surface area contributed by atoms with Crippen LogP contribution in [-0.2, 0) is 6.18 Å². The second kappa shape index (κ2) is 5.40. The van der Waals surface area contributed by atoms with E-state index in [1.165, 1.54) is 0 Å². The van der Waals surface area contributed by atoms with Crippen LogP contribution in [0.25, 0.3) is 0 Å². The smallest absolute Gasteiger partial charge is 0.334 e. The number of alkyl halides is 3. The molecule has 4 nitrogen and oxygen atoms in total. The van der Waals surface area contributed by atoms with E-state index in [0.717, 1.165) is 12.1 Å². The van der Waals surface area contributed by atoms with E-state index < -0.39 is 11.7 Å². The molecular formula is C13H16F3N3O. The molecule has 20 heavy (non-hydrogen) atoms. The Morgan fingerprint density at radius 1 is 1.30 bits per heavy atom. The second-order valence-corrected chi connectivity index (χ2v) is 5.11. The lowest BCUT2D eigenvalue weighted by molar-refractivity contribution is -0.137. The molecule has 0 aliphatic carbocycles. The third kappa shape index (κ3) is 3.27. The van der Waals surface area contributed by atoms with Gasteiger partial charge in [0.2, 0.25) is 0 Å². The van der Waals surface area contributed by atoms with E-state index in [0.29, 0.717) is 19.3 Å². The average Bonchev–Trinajstić information content (AvgIpc) is 2.36. The lowest BCUT2D eigenvalue weighted by atomic mass is 10.1. The summed E-state index contributed by atoms with van der Waals surface area (Å²) in [6.45, 7) is 4.95. The SMILES string of the molecule is CC1CN(C(=O)c2ccc(C(F)(F)F)cn2)CC(C)N1. The second-order valence-electron chi connectivity index (χ2n) is 5.11. The van der Waals surface area contributed by atoms with Gasteiger partial charge < -0.3 is 10.2 Å². The number of nitrogens with zero attached hydrogens (tertiary/aromatic N) is 2. The first-order chi connectivity index (χ1) is 9.27. The maximum Gasteiger partial charge on any atom is 0.417 e. The molecular weight excluding hydrogens is 271 g/mol. The molecule has 1 fully saturated rings. The molecule has 7 heteroatoms. The van der Waals surface area contributed by atoms with Gasteiger partial charge in [-0.1, -0.05) is 0 Å². The van der Waals surface area contributed by atoms with Crippen molar-refractivity contribution in [1.82, 2.24) is 15.2 Å². The number of halogens is 3. The summed E-state index contributed by atoms with van der Waals surface area (Å²) in [6, 6.07) is 2.31. The zero-order chi connectivity index (χ0) is 14.9. The van der Waals surface area contributed by atoms with Crippen molar-refractivity contribution < 1.29 is 18.0 Å². The fourth-order valence-corrected chi connectivity index (χ4v) is 2.34. The summed E-state index contributed by atoms with van der Waals surface area (Å²) < 4.78 is 37.3. The molecule has 2 rings (SSSR count). The van der Waals surface area contributed by atoms with Crippen molar-refractivity contribution in [2.45, 2.75) is 32.1 Å². The molecule has 2 atom stereocenters. The molecule has 2 heterocycles. The van der Waals surface area contributed by atoms with E-state index >= 15 is 0 Å². The molecule has 1 saturated heterocycles. The highest BCUT2D eigenvalue weighted by molar-refractivity contribution is 5.92. The van der Waals surface area contributed by atoms with Gasteiger partial charge in [-0.3, -0.25) is 9.78 Å². The van der Waals surface area contributed by atoms with Crippen LogP contribution in [0, 0.1) is 0 Å². The molecule has 1 aromatic heterocycles. The number of carbonyl (C=O) groups excluding carboxylic acids is 1. The van der Waals surface area contributed by atoms with Crippen LogP contribution in [0.4, 0.5) is 13.2 Å². The van der Waals surface area contributed by atoms with Gasteiger partial charge in [-0.05, 0) is 26.0 Å². The Morgan fingerprint density at radius 2 is 1.90 bits per heavy atom. The van der Waals surface area contributed by atoms with Crippen LogP contribution < -0.4 is 5.32 Å². The van der Waals surface area contributed by atoms with Crippen LogP contribution >= 0.6 is 0 Å². The summed E-state index contributed by atoms with van der Waals surface area (Å²) in [5.41, 5.74) is -0.810. The topological polar surface area (TPSA) is 45.2 Å². The van der Waals surface area contributed by atoms with Gasteiger partial charge in [0.1, 0.15) is 5.69 Å². The molecule has 1 amide bonds. The molecule has 0 aromatic carbocycles. The first kappa shape index (κ1) is 14.8. The zero-order valence-electron chi connectivity index (χ0n) is 11.2. The van der Waals surface area contributed by atoms with Crippen molar-refractivity contribution in [2.24, 2.45) is 0 Å². The Morgan fingerprint density at radius 3 is 2.35 bits per heavy atom. The Hall–Kier alpha value is -1.63. The van der Waals surface area contributed by atoms with E-state index in [9.17, 15) is 18.0 Å². The predicted molar refractivity (Wildman–Crippen MR) is 67.2 cm³/mol. The van der Waals surface area contributed by atoms with Crippen molar-refractivity contribution in [2.75, 3.05) is 13.1 Å². The number of nitrogens with one attached hydrogen (secondary N) is 1. The van der Waals surface area contributed by atoms with Gasteiger partial charge in [-0.2, -0.15) is 13.2 Å². The van der Waals surface area contributed by atoms with Crippen molar-refractivity contribution in [3.63, 3.8) is 0 Å². The number of carbonyl (C=O) groups is 1. The molecule has 1 aliphatic rings. The molecule has 110 valence electrons. The molecule has 1 aromatic rings. The van der Waals surface area contributed by atoms with E-state index in [2.05, 4.69) is 10.3 Å². The predicted octanol–water partition coefficient (Wildman–Crippen LogP) is 1.92. The number of hydrogen-bond donors (Lipinski definition) is 1. The van der Waals surface area contributed by atoms with Crippen molar-refractivity contribution in [3.8, 4) is 0 Å². The summed E-state index contributed by atoms with van der Waals surface area (Å²) in [4.78, 5) is 17.5. The van der Waals surface area contributed by atoms with Crippen LogP contribution in [0.1, 0.15) is 29.9 Å². The van der Waals surface area contributed by atoms with Gasteiger partial charge in [0, 0.05) is 31.4 Å². The first-order valence-corrected chi connectivity index (χ1v) is 6.36. The van der Waals surface area contributed by atoms with Crippen LogP contribution in [0.15, 0.2) is 18.3 Å². The largest absolute Gasteiger partial charge is 0.417 e. The van der Waals surface area contributed by atoms with Gasteiger partial charge in [-0.25, -0.2) is 0 Å². The quantitative estimate of drug-likeness (QED) is 0.858. The Balaban J connectivity index is 2.13. The summed E-state index contributed by atoms with van der Waals surface area (Å²) in [5, 5.41) is 3.28. The third-order valence-corrected chi connectivity index (χ3v) is 3.15. The fourth-order valence-electron chi connectivity index (χ4n) is 2.34. The maximum atomic E-state index is 12.4. The molecule has 2 unspecified atom stereocenters. The highest BCUT2D eigenvalue weighted by atomic mass is 19.4. The maximum absolute atomic E-state index is 12.4. The van der Waals surface area contributed by atoms with Crippen molar-refractivity contribution in [3.05, 3.63) is 29.6 Å². The molecule has 0 radical (unpaired) electrons. The minimum absolute atomic E-state index is 0.0410. The van der Waals surface area contributed by atoms with E-state index in [-0.39, 0.29) is 23.7 Å². The number of pyridine rings is 1. The molecule has 0 saturated carbocycles. The van der Waals surface area contributed by atoms with Crippen LogP contribution in [0.2, 0.25) is 0 Å². The number of amides is 1. The fraction of sp³-hybridized carbons (Fsp3) is 0.538. The van der Waals surface area contributed by atoms with Gasteiger partial charge in [0.15, 0.2) is 0 Å². The van der Waals surface area contributed by atoms with Crippen LogP contribution in [0.3, 0.4) is 0 Å². The average molecular weight is 287 g/mol. The van der Waals surface area contributed by atoms with Crippen molar-refractivity contribution >= 4 is 5.91 Å². The van der Waals surface area contributed by atoms with E-state index in [1.54, 1.807) is 4.90 Å². The normalized spacial score (nSPS) is 23.8. The van der Waals surface area contributed by atoms with Gasteiger partial charge >= 0.3 is 6.18 Å². The number of piperazine rings is 1. The Kier molecular flexibility index (Phi) is 3.99. The third-order valence-electron chi connectivity index (χ3n) is 3.15. The molecule has 1 N–H and O–H groups in total. The van der Waals surface area contributed by atoms with E-state index in [4.69, 9.17) is 0 Å². The highest BCUT2D eigenvalue weighted by Gasteiger charge is 2.31. The first-order valence-electron chi connectivity index (χ1n) is 6.36. The van der Waals surface area contributed by atoms with Crippen LogP contribution in [0.5, 0.6) is 0 Å². The summed E-state index contributed by atoms with van der Waals surface area (Å²) in [7, 11) is 0. The number of rotatable bonds is 1. The van der Waals surface area contributed by atoms with E-state index in [1.807, 2.05) is 13.8 Å². The number of hydrogen-bond acceptors (Lipinski definition) is 3. The highest BCUT2D eigenvalue weighted by Crippen LogP contribution is 2.28. The zero-order valence-corrected chi connectivity index (χ0v) is 11.2. The minimum atomic E-state index is -4.44. The Bertz CT molecular complexity index is 477. The number of aromatic nitrogens is 1.